The number of hydrogen-bond acceptors (Lipinski definition) is 5. The third kappa shape index (κ3) is 7.43. The number of nitrogens with one attached hydrogen (secondary N) is 4. The second kappa shape index (κ2) is 9.79. The Balaban J connectivity index is 1.74. The van der Waals surface area contributed by atoms with Crippen LogP contribution in [0.5, 0.6) is 5.75 Å². The van der Waals surface area contributed by atoms with Gasteiger partial charge in [0.1, 0.15) is 5.75 Å². The third-order valence-corrected chi connectivity index (χ3v) is 7.32. The van der Waals surface area contributed by atoms with Gasteiger partial charge in [0.15, 0.2) is 0 Å². The van der Waals surface area contributed by atoms with Gasteiger partial charge in [-0.1, -0.05) is 12.1 Å². The molecule has 0 saturated carbocycles. The molecule has 5 N–H and O–H groups in total. The molecule has 0 aromatic heterocycles. The summed E-state index contributed by atoms with van der Waals surface area (Å²) in [6.07, 6.45) is 5.21. The van der Waals surface area contributed by atoms with Crippen LogP contribution in [0.3, 0.4) is 0 Å². The maximum Gasteiger partial charge on any atom is 0.255 e. The molecule has 2 fully saturated rings. The van der Waals surface area contributed by atoms with Crippen LogP contribution < -0.4 is 21.3 Å². The van der Waals surface area contributed by atoms with Crippen LogP contribution in [0.2, 0.25) is 0 Å². The molecule has 2 aliphatic rings. The van der Waals surface area contributed by atoms with Gasteiger partial charge in [0.2, 0.25) is 0 Å². The molecule has 2 heterocycles. The van der Waals surface area contributed by atoms with Gasteiger partial charge in [-0.25, -0.2) is 0 Å². The average Bonchev–Trinajstić information content (AvgIpc) is 2.62. The molecule has 192 valence electrons. The molecule has 0 aliphatic carbocycles. The Morgan fingerprint density at radius 3 is 1.94 bits per heavy atom. The van der Waals surface area contributed by atoms with E-state index in [-0.39, 0.29) is 33.8 Å². The van der Waals surface area contributed by atoms with E-state index >= 15 is 0 Å². The van der Waals surface area contributed by atoms with Crippen molar-refractivity contribution in [1.82, 2.24) is 21.3 Å². The van der Waals surface area contributed by atoms with Crippen molar-refractivity contribution < 1.29 is 9.90 Å². The molecule has 1 aromatic rings. The van der Waals surface area contributed by atoms with E-state index in [0.717, 1.165) is 32.1 Å². The van der Waals surface area contributed by atoms with Gasteiger partial charge in [0.25, 0.3) is 5.91 Å². The van der Waals surface area contributed by atoms with E-state index in [4.69, 9.17) is 0 Å². The number of hydrogen-bond donors (Lipinski definition) is 5. The smallest absolute Gasteiger partial charge is 0.255 e. The highest BCUT2D eigenvalue weighted by Crippen LogP contribution is 2.37. The highest BCUT2D eigenvalue weighted by molar-refractivity contribution is 5.96. The summed E-state index contributed by atoms with van der Waals surface area (Å²) in [5.74, 6) is 0.317. The van der Waals surface area contributed by atoms with Crippen LogP contribution in [0.25, 0.3) is 0 Å². The van der Waals surface area contributed by atoms with Crippen LogP contribution in [0.15, 0.2) is 24.3 Å². The molecular formula is C28H48N4O2. The van der Waals surface area contributed by atoms with Crippen LogP contribution in [0, 0.1) is 5.92 Å². The number of para-hydroxylation sites is 1. The lowest BCUT2D eigenvalue weighted by Crippen LogP contribution is -2.64. The van der Waals surface area contributed by atoms with Gasteiger partial charge >= 0.3 is 0 Å². The predicted molar refractivity (Wildman–Crippen MR) is 140 cm³/mol. The molecule has 3 rings (SSSR count). The van der Waals surface area contributed by atoms with E-state index in [0.29, 0.717) is 30.1 Å². The van der Waals surface area contributed by atoms with E-state index < -0.39 is 0 Å². The predicted octanol–water partition coefficient (Wildman–Crippen LogP) is 4.34. The summed E-state index contributed by atoms with van der Waals surface area (Å²) >= 11 is 0. The summed E-state index contributed by atoms with van der Waals surface area (Å²) in [6.45, 7) is 18.9. The number of piperidine rings is 2. The van der Waals surface area contributed by atoms with Gasteiger partial charge in [-0.2, -0.15) is 0 Å². The topological polar surface area (TPSA) is 85.4 Å². The van der Waals surface area contributed by atoms with E-state index in [9.17, 15) is 9.90 Å². The summed E-state index contributed by atoms with van der Waals surface area (Å²) in [5.41, 5.74) is 0.625. The molecule has 1 amide bonds. The number of rotatable bonds is 7. The molecule has 2 aliphatic heterocycles. The Labute approximate surface area is 207 Å². The first-order valence-electron chi connectivity index (χ1n) is 13.0. The monoisotopic (exact) mass is 472 g/mol. The zero-order chi connectivity index (χ0) is 25.4. The van der Waals surface area contributed by atoms with E-state index in [1.165, 1.54) is 0 Å². The lowest BCUT2D eigenvalue weighted by molar-refractivity contribution is 0.0800. The van der Waals surface area contributed by atoms with Crippen LogP contribution in [-0.2, 0) is 0 Å². The Bertz CT molecular complexity index is 830. The van der Waals surface area contributed by atoms with Gasteiger partial charge in [0, 0.05) is 40.8 Å². The highest BCUT2D eigenvalue weighted by atomic mass is 16.3. The van der Waals surface area contributed by atoms with E-state index in [1.54, 1.807) is 24.3 Å². The van der Waals surface area contributed by atoms with Gasteiger partial charge in [-0.05, 0) is 106 Å². The lowest BCUT2D eigenvalue weighted by Gasteiger charge is -2.51. The standard InChI is InChI=1S/C28H48N4O2/c1-25(2)15-19(16-26(3,4)31-25)22(30-20-17-27(5,6)32-28(7,8)18-20)13-14-29-24(34)21-11-9-10-12-23(21)33/h9-12,19-20,22,30-33H,13-18H2,1-8H3,(H,29,34). The fourth-order valence-corrected chi connectivity index (χ4v) is 6.99. The minimum atomic E-state index is -0.216. The first-order chi connectivity index (χ1) is 15.6. The van der Waals surface area contributed by atoms with Gasteiger partial charge in [0.05, 0.1) is 5.56 Å². The molecule has 2 saturated heterocycles. The van der Waals surface area contributed by atoms with Crippen molar-refractivity contribution in [2.75, 3.05) is 6.54 Å². The number of carbonyl (C=O) groups is 1. The van der Waals surface area contributed by atoms with Crippen molar-refractivity contribution >= 4 is 5.91 Å². The third-order valence-electron chi connectivity index (χ3n) is 7.32. The first-order valence-corrected chi connectivity index (χ1v) is 13.0. The SMILES string of the molecule is CC1(C)CC(NC(CCNC(=O)c2ccccc2O)C2CC(C)(C)NC(C)(C)C2)CC(C)(C)N1. The molecule has 34 heavy (non-hydrogen) atoms. The molecular weight excluding hydrogens is 424 g/mol. The highest BCUT2D eigenvalue weighted by Gasteiger charge is 2.43. The largest absolute Gasteiger partial charge is 0.507 e. The molecule has 0 radical (unpaired) electrons. The zero-order valence-corrected chi connectivity index (χ0v) is 22.6. The van der Waals surface area contributed by atoms with Crippen LogP contribution >= 0.6 is 0 Å². The Hall–Kier alpha value is -1.63. The summed E-state index contributed by atoms with van der Waals surface area (Å²) < 4.78 is 0. The molecule has 6 heteroatoms. The van der Waals surface area contributed by atoms with Gasteiger partial charge in [-0.3, -0.25) is 4.79 Å². The number of phenolic OH excluding ortho intramolecular Hbond substituents is 1. The number of benzene rings is 1. The summed E-state index contributed by atoms with van der Waals surface area (Å²) in [7, 11) is 0. The van der Waals surface area contributed by atoms with Gasteiger partial charge in [-0.15, -0.1) is 0 Å². The average molecular weight is 473 g/mol. The molecule has 1 unspecified atom stereocenters. The van der Waals surface area contributed by atoms with Crippen molar-refractivity contribution in [3.63, 3.8) is 0 Å². The summed E-state index contributed by atoms with van der Waals surface area (Å²) in [6, 6.07) is 7.45. The number of aromatic hydroxyl groups is 1. The maximum absolute atomic E-state index is 12.7. The minimum Gasteiger partial charge on any atom is -0.507 e. The number of phenols is 1. The number of carbonyl (C=O) groups excluding carboxylic acids is 1. The number of amides is 1. The molecule has 6 nitrogen and oxygen atoms in total. The zero-order valence-electron chi connectivity index (χ0n) is 22.6. The van der Waals surface area contributed by atoms with Crippen molar-refractivity contribution in [3.05, 3.63) is 29.8 Å². The normalized spacial score (nSPS) is 24.9. The van der Waals surface area contributed by atoms with Crippen LogP contribution in [0.1, 0.15) is 97.9 Å². The lowest BCUT2D eigenvalue weighted by atomic mass is 9.71. The first kappa shape index (κ1) is 27.0. The fraction of sp³-hybridized carbons (Fsp3) is 0.750. The van der Waals surface area contributed by atoms with Crippen molar-refractivity contribution in [3.8, 4) is 5.75 Å². The Morgan fingerprint density at radius 2 is 1.41 bits per heavy atom. The molecule has 0 bridgehead atoms. The summed E-state index contributed by atoms with van der Waals surface area (Å²) in [4.78, 5) is 12.7. The Morgan fingerprint density at radius 1 is 0.912 bits per heavy atom. The van der Waals surface area contributed by atoms with Crippen molar-refractivity contribution in [1.29, 1.82) is 0 Å². The molecule has 1 atom stereocenters. The maximum atomic E-state index is 12.7. The fourth-order valence-electron chi connectivity index (χ4n) is 6.99. The van der Waals surface area contributed by atoms with E-state index in [2.05, 4.69) is 76.7 Å². The second-order valence-corrected chi connectivity index (χ2v) is 13.4. The van der Waals surface area contributed by atoms with Crippen LogP contribution in [-0.4, -0.2) is 51.8 Å². The van der Waals surface area contributed by atoms with Gasteiger partial charge < -0.3 is 26.4 Å². The quantitative estimate of drug-likeness (QED) is 0.408. The van der Waals surface area contributed by atoms with Crippen molar-refractivity contribution in [2.24, 2.45) is 5.92 Å². The molecule has 1 aromatic carbocycles. The minimum absolute atomic E-state index is 0.0238. The van der Waals surface area contributed by atoms with E-state index in [1.807, 2.05) is 0 Å². The summed E-state index contributed by atoms with van der Waals surface area (Å²) in [5, 5.41) is 24.8. The second-order valence-electron chi connectivity index (χ2n) is 13.4. The Kier molecular flexibility index (Phi) is 7.76. The molecule has 0 spiro atoms. The van der Waals surface area contributed by atoms with Crippen molar-refractivity contribution in [2.45, 2.75) is 122 Å². The van der Waals surface area contributed by atoms with Crippen LogP contribution in [0.4, 0.5) is 0 Å².